The van der Waals surface area contributed by atoms with Gasteiger partial charge in [-0.25, -0.2) is 9.18 Å². The Kier molecular flexibility index (Phi) is 2.12. The van der Waals surface area contributed by atoms with Gasteiger partial charge in [-0.15, -0.1) is 0 Å². The van der Waals surface area contributed by atoms with Crippen LogP contribution in [0.5, 0.6) is 0 Å². The lowest BCUT2D eigenvalue weighted by Crippen LogP contribution is -2.22. The third kappa shape index (κ3) is 1.68. The normalized spacial score (nSPS) is 12.8. The van der Waals surface area contributed by atoms with Crippen molar-refractivity contribution in [1.82, 2.24) is 0 Å². The van der Waals surface area contributed by atoms with Crippen LogP contribution in [0.25, 0.3) is 0 Å². The van der Waals surface area contributed by atoms with Crippen molar-refractivity contribution in [2.45, 2.75) is 13.1 Å². The molecule has 0 aliphatic rings. The molecule has 0 bridgehead atoms. The van der Waals surface area contributed by atoms with Crippen molar-refractivity contribution in [1.29, 1.82) is 0 Å². The number of carboxylic acid groups (broad SMARTS) is 1. The summed E-state index contributed by atoms with van der Waals surface area (Å²) in [5.41, 5.74) is 0. The van der Waals surface area contributed by atoms with E-state index >= 15 is 0 Å². The standard InChI is InChI=1S/C4H5FO3/c1-2(6)3(5)4(7)8/h3H,1H3,(H,7,8). The molecule has 0 radical (unpaired) electrons. The number of hydrogen-bond donors (Lipinski definition) is 1. The summed E-state index contributed by atoms with van der Waals surface area (Å²) in [5.74, 6) is -2.70. The molecule has 0 rings (SSSR count). The smallest absolute Gasteiger partial charge is 0.346 e. The minimum Gasteiger partial charge on any atom is -0.479 e. The molecule has 0 aromatic rings. The molecule has 0 aliphatic heterocycles. The van der Waals surface area contributed by atoms with Crippen LogP contribution in [0.3, 0.4) is 0 Å². The van der Waals surface area contributed by atoms with Gasteiger partial charge in [0.25, 0.3) is 6.17 Å². The summed E-state index contributed by atoms with van der Waals surface area (Å²) in [4.78, 5) is 19.4. The predicted molar refractivity (Wildman–Crippen MR) is 23.2 cm³/mol. The van der Waals surface area contributed by atoms with E-state index < -0.39 is 17.9 Å². The number of aliphatic carboxylic acids is 1. The third-order valence-electron chi connectivity index (χ3n) is 0.574. The Bertz CT molecular complexity index is 106. The highest BCUT2D eigenvalue weighted by Crippen LogP contribution is 1.90. The summed E-state index contributed by atoms with van der Waals surface area (Å²) in [6.07, 6.45) is -2.35. The van der Waals surface area contributed by atoms with Crippen LogP contribution in [0, 0.1) is 0 Å². The second-order valence-electron chi connectivity index (χ2n) is 1.31. The molecule has 0 fully saturated rings. The maximum Gasteiger partial charge on any atom is 0.346 e. The van der Waals surface area contributed by atoms with E-state index in [2.05, 4.69) is 0 Å². The third-order valence-corrected chi connectivity index (χ3v) is 0.574. The number of carbonyl (C=O) groups is 2. The van der Waals surface area contributed by atoms with Crippen molar-refractivity contribution in [3.05, 3.63) is 0 Å². The Morgan fingerprint density at radius 1 is 1.62 bits per heavy atom. The average molecular weight is 120 g/mol. The molecule has 0 saturated carbocycles. The second kappa shape index (κ2) is 2.40. The molecule has 46 valence electrons. The lowest BCUT2D eigenvalue weighted by atomic mass is 10.3. The summed E-state index contributed by atoms with van der Waals surface area (Å²) >= 11 is 0. The fourth-order valence-corrected chi connectivity index (χ4v) is 0.174. The van der Waals surface area contributed by atoms with Crippen LogP contribution < -0.4 is 0 Å². The monoisotopic (exact) mass is 120 g/mol. The van der Waals surface area contributed by atoms with Crippen LogP contribution in [0.1, 0.15) is 6.92 Å². The summed E-state index contributed by atoms with van der Waals surface area (Å²) in [7, 11) is 0. The maximum absolute atomic E-state index is 11.7. The minimum atomic E-state index is -2.35. The summed E-state index contributed by atoms with van der Waals surface area (Å²) in [6, 6.07) is 0. The van der Waals surface area contributed by atoms with Gasteiger partial charge < -0.3 is 5.11 Å². The van der Waals surface area contributed by atoms with Gasteiger partial charge in [0.1, 0.15) is 0 Å². The van der Waals surface area contributed by atoms with Crippen LogP contribution in [0.15, 0.2) is 0 Å². The fourth-order valence-electron chi connectivity index (χ4n) is 0.174. The molecule has 0 aromatic heterocycles. The zero-order chi connectivity index (χ0) is 6.73. The Hall–Kier alpha value is -0.930. The minimum absolute atomic E-state index is 0.888. The van der Waals surface area contributed by atoms with Gasteiger partial charge in [0, 0.05) is 0 Å². The van der Waals surface area contributed by atoms with Gasteiger partial charge in [-0.3, -0.25) is 4.79 Å². The van der Waals surface area contributed by atoms with Gasteiger partial charge in [0.05, 0.1) is 0 Å². The molecule has 8 heavy (non-hydrogen) atoms. The number of alkyl halides is 1. The van der Waals surface area contributed by atoms with Crippen molar-refractivity contribution < 1.29 is 19.1 Å². The molecule has 0 heterocycles. The topological polar surface area (TPSA) is 54.4 Å². The number of carbonyl (C=O) groups excluding carboxylic acids is 1. The molecule has 0 aromatic carbocycles. The van der Waals surface area contributed by atoms with Crippen LogP contribution >= 0.6 is 0 Å². The molecule has 0 amide bonds. The van der Waals surface area contributed by atoms with E-state index in [-0.39, 0.29) is 0 Å². The Balaban J connectivity index is 3.83. The quantitative estimate of drug-likeness (QED) is 0.522. The molecule has 1 unspecified atom stereocenters. The van der Waals surface area contributed by atoms with Gasteiger partial charge >= 0.3 is 5.97 Å². The number of ketones is 1. The van der Waals surface area contributed by atoms with E-state index in [9.17, 15) is 14.0 Å². The van der Waals surface area contributed by atoms with Crippen molar-refractivity contribution in [2.75, 3.05) is 0 Å². The highest BCUT2D eigenvalue weighted by molar-refractivity contribution is 5.99. The van der Waals surface area contributed by atoms with Crippen LogP contribution in [0.2, 0.25) is 0 Å². The molecule has 0 aliphatic carbocycles. The van der Waals surface area contributed by atoms with E-state index in [1.165, 1.54) is 0 Å². The number of carboxylic acids is 1. The van der Waals surface area contributed by atoms with Crippen molar-refractivity contribution in [2.24, 2.45) is 0 Å². The van der Waals surface area contributed by atoms with Gasteiger partial charge in [-0.1, -0.05) is 0 Å². The van der Waals surface area contributed by atoms with Gasteiger partial charge in [-0.2, -0.15) is 0 Å². The van der Waals surface area contributed by atoms with Crippen LogP contribution in [-0.4, -0.2) is 23.0 Å². The molecule has 4 heteroatoms. The highest BCUT2D eigenvalue weighted by Gasteiger charge is 2.19. The SMILES string of the molecule is CC(=O)C(F)C(=O)O. The maximum atomic E-state index is 11.7. The predicted octanol–water partition coefficient (Wildman–Crippen LogP) is -0.00190. The van der Waals surface area contributed by atoms with Crippen molar-refractivity contribution >= 4 is 11.8 Å². The highest BCUT2D eigenvalue weighted by atomic mass is 19.1. The molecular formula is C4H5FO3. The number of Topliss-reactive ketones (excluding diaryl/α,β-unsaturated/α-hetero) is 1. The number of halogens is 1. The molecule has 1 N–H and O–H groups in total. The first-order chi connectivity index (χ1) is 3.55. The van der Waals surface area contributed by atoms with Crippen LogP contribution in [0.4, 0.5) is 4.39 Å². The van der Waals surface area contributed by atoms with Crippen molar-refractivity contribution in [3.8, 4) is 0 Å². The number of rotatable bonds is 2. The van der Waals surface area contributed by atoms with Gasteiger partial charge in [-0.05, 0) is 6.92 Å². The summed E-state index contributed by atoms with van der Waals surface area (Å²) in [5, 5.41) is 7.76. The van der Waals surface area contributed by atoms with E-state index in [0.717, 1.165) is 6.92 Å². The molecule has 0 saturated heterocycles. The van der Waals surface area contributed by atoms with Gasteiger partial charge in [0.15, 0.2) is 5.78 Å². The van der Waals surface area contributed by atoms with Gasteiger partial charge in [0.2, 0.25) is 0 Å². The van der Waals surface area contributed by atoms with E-state index in [1.54, 1.807) is 0 Å². The number of hydrogen-bond acceptors (Lipinski definition) is 2. The molecule has 0 spiro atoms. The average Bonchev–Trinajstić information content (AvgIpc) is 1.64. The second-order valence-corrected chi connectivity index (χ2v) is 1.31. The summed E-state index contributed by atoms with van der Waals surface area (Å²) < 4.78 is 11.7. The molecular weight excluding hydrogens is 115 g/mol. The van der Waals surface area contributed by atoms with E-state index in [1.807, 2.05) is 0 Å². The first-order valence-corrected chi connectivity index (χ1v) is 1.93. The van der Waals surface area contributed by atoms with E-state index in [4.69, 9.17) is 5.11 Å². The van der Waals surface area contributed by atoms with Crippen LogP contribution in [-0.2, 0) is 9.59 Å². The lowest BCUT2D eigenvalue weighted by molar-refractivity contribution is -0.146. The first-order valence-electron chi connectivity index (χ1n) is 1.93. The Morgan fingerprint density at radius 3 is 2.00 bits per heavy atom. The first kappa shape index (κ1) is 7.07. The lowest BCUT2D eigenvalue weighted by Gasteiger charge is -1.92. The molecule has 1 atom stereocenters. The molecule has 3 nitrogen and oxygen atoms in total. The van der Waals surface area contributed by atoms with E-state index in [0.29, 0.717) is 0 Å². The largest absolute Gasteiger partial charge is 0.479 e. The zero-order valence-electron chi connectivity index (χ0n) is 4.22. The zero-order valence-corrected chi connectivity index (χ0v) is 4.22. The Labute approximate surface area is 45.1 Å². The summed E-state index contributed by atoms with van der Waals surface area (Å²) in [6.45, 7) is 0.888. The van der Waals surface area contributed by atoms with Crippen molar-refractivity contribution in [3.63, 3.8) is 0 Å². The fraction of sp³-hybridized carbons (Fsp3) is 0.500. The Morgan fingerprint density at radius 2 is 2.00 bits per heavy atom.